The minimum absolute atomic E-state index is 0.222. The van der Waals surface area contributed by atoms with Crippen molar-refractivity contribution in [2.75, 3.05) is 18.0 Å². The summed E-state index contributed by atoms with van der Waals surface area (Å²) in [5.41, 5.74) is 3.78. The van der Waals surface area contributed by atoms with Gasteiger partial charge in [-0.15, -0.1) is 0 Å². The summed E-state index contributed by atoms with van der Waals surface area (Å²) in [7, 11) is -3.28. The van der Waals surface area contributed by atoms with Crippen LogP contribution in [-0.2, 0) is 27.8 Å². The van der Waals surface area contributed by atoms with E-state index >= 15 is 0 Å². The number of fused-ring (bicyclic) bond motifs is 4. The molecule has 3 aliphatic heterocycles. The first-order valence-electron chi connectivity index (χ1n) is 11.4. The van der Waals surface area contributed by atoms with Crippen LogP contribution in [0.15, 0.2) is 30.5 Å². The van der Waals surface area contributed by atoms with Crippen LogP contribution < -0.4 is 4.90 Å². The van der Waals surface area contributed by atoms with Crippen molar-refractivity contribution in [1.29, 1.82) is 0 Å². The van der Waals surface area contributed by atoms with E-state index in [4.69, 9.17) is 14.7 Å². The number of nitrogens with one attached hydrogen (secondary N) is 1. The average molecular weight is 452 g/mol. The van der Waals surface area contributed by atoms with Gasteiger partial charge in [0.15, 0.2) is 5.82 Å². The Morgan fingerprint density at radius 3 is 2.56 bits per heavy atom. The molecule has 32 heavy (non-hydrogen) atoms. The second kappa shape index (κ2) is 6.76. The van der Waals surface area contributed by atoms with E-state index in [2.05, 4.69) is 16.0 Å². The molecule has 166 valence electrons. The van der Waals surface area contributed by atoms with Gasteiger partial charge in [-0.3, -0.25) is 0 Å². The number of rotatable bonds is 4. The monoisotopic (exact) mass is 451 g/mol. The third kappa shape index (κ3) is 2.91. The Bertz CT molecular complexity index is 1320. The SMILES string of the molecule is O=S(=O)(C1CC1)N1Cc2nc(-c3c[nH]c4ccccc34)nc(N3CC4CCC(C3)O4)c2C1. The van der Waals surface area contributed by atoms with Crippen LogP contribution in [0.4, 0.5) is 5.82 Å². The zero-order valence-electron chi connectivity index (χ0n) is 17.7. The van der Waals surface area contributed by atoms with Crippen molar-refractivity contribution in [3.05, 3.63) is 41.7 Å². The van der Waals surface area contributed by atoms with Crippen molar-refractivity contribution in [2.24, 2.45) is 0 Å². The summed E-state index contributed by atoms with van der Waals surface area (Å²) in [6, 6.07) is 8.12. The molecule has 1 N–H and O–H groups in total. The molecule has 0 amide bonds. The fraction of sp³-hybridized carbons (Fsp3) is 0.478. The number of ether oxygens (including phenoxy) is 1. The first-order valence-corrected chi connectivity index (χ1v) is 12.9. The van der Waals surface area contributed by atoms with Crippen molar-refractivity contribution >= 4 is 26.7 Å². The normalized spacial score (nSPS) is 25.6. The summed E-state index contributed by atoms with van der Waals surface area (Å²) in [6.07, 6.45) is 6.08. The number of nitrogens with zero attached hydrogens (tertiary/aromatic N) is 4. The third-order valence-corrected chi connectivity index (χ3v) is 9.50. The van der Waals surface area contributed by atoms with Gasteiger partial charge in [0.2, 0.25) is 10.0 Å². The van der Waals surface area contributed by atoms with E-state index in [1.54, 1.807) is 4.31 Å². The molecule has 1 aromatic carbocycles. The van der Waals surface area contributed by atoms with Gasteiger partial charge in [0.1, 0.15) is 5.82 Å². The molecule has 2 bridgehead atoms. The van der Waals surface area contributed by atoms with Crippen LogP contribution in [0.25, 0.3) is 22.3 Å². The Hall–Kier alpha value is -2.49. The van der Waals surface area contributed by atoms with Crippen molar-refractivity contribution in [3.63, 3.8) is 0 Å². The lowest BCUT2D eigenvalue weighted by molar-refractivity contribution is 0.0301. The van der Waals surface area contributed by atoms with Crippen LogP contribution in [0.2, 0.25) is 0 Å². The highest BCUT2D eigenvalue weighted by Crippen LogP contribution is 2.40. The van der Waals surface area contributed by atoms with E-state index in [1.165, 1.54) is 0 Å². The Morgan fingerprint density at radius 2 is 1.78 bits per heavy atom. The highest BCUT2D eigenvalue weighted by molar-refractivity contribution is 7.90. The maximum Gasteiger partial charge on any atom is 0.217 e. The van der Waals surface area contributed by atoms with Crippen molar-refractivity contribution in [1.82, 2.24) is 19.3 Å². The van der Waals surface area contributed by atoms with Crippen molar-refractivity contribution in [3.8, 4) is 11.4 Å². The predicted octanol–water partition coefficient (Wildman–Crippen LogP) is 2.80. The summed E-state index contributed by atoms with van der Waals surface area (Å²) in [6.45, 7) is 2.28. The molecule has 1 aliphatic carbocycles. The van der Waals surface area contributed by atoms with E-state index in [1.807, 2.05) is 24.4 Å². The van der Waals surface area contributed by atoms with Gasteiger partial charge in [0.05, 0.1) is 29.7 Å². The van der Waals surface area contributed by atoms with Gasteiger partial charge in [-0.1, -0.05) is 18.2 Å². The van der Waals surface area contributed by atoms with Gasteiger partial charge in [0, 0.05) is 47.9 Å². The van der Waals surface area contributed by atoms with Crippen molar-refractivity contribution in [2.45, 2.75) is 56.2 Å². The number of benzene rings is 1. The van der Waals surface area contributed by atoms with Gasteiger partial charge in [-0.25, -0.2) is 18.4 Å². The topological polar surface area (TPSA) is 91.4 Å². The molecule has 2 saturated heterocycles. The molecule has 2 aromatic heterocycles. The molecular weight excluding hydrogens is 426 g/mol. The van der Waals surface area contributed by atoms with E-state index < -0.39 is 10.0 Å². The minimum atomic E-state index is -3.28. The lowest BCUT2D eigenvalue weighted by Crippen LogP contribution is -2.43. The molecule has 2 unspecified atom stereocenters. The molecule has 3 aromatic rings. The lowest BCUT2D eigenvalue weighted by atomic mass is 10.1. The Kier molecular flexibility index (Phi) is 4.02. The smallest absolute Gasteiger partial charge is 0.217 e. The molecule has 7 rings (SSSR count). The highest BCUT2D eigenvalue weighted by atomic mass is 32.2. The molecule has 3 fully saturated rings. The lowest BCUT2D eigenvalue weighted by Gasteiger charge is -2.34. The molecule has 4 aliphatic rings. The van der Waals surface area contributed by atoms with Gasteiger partial charge in [0.25, 0.3) is 0 Å². The summed E-state index contributed by atoms with van der Waals surface area (Å²) >= 11 is 0. The average Bonchev–Trinajstić information content (AvgIpc) is 3.30. The summed E-state index contributed by atoms with van der Waals surface area (Å²) in [4.78, 5) is 15.6. The number of aromatic nitrogens is 3. The van der Waals surface area contributed by atoms with Crippen LogP contribution in [-0.4, -0.2) is 58.2 Å². The number of para-hydroxylation sites is 1. The predicted molar refractivity (Wildman–Crippen MR) is 121 cm³/mol. The van der Waals surface area contributed by atoms with Crippen LogP contribution in [0, 0.1) is 0 Å². The number of hydrogen-bond donors (Lipinski definition) is 1. The van der Waals surface area contributed by atoms with E-state index in [-0.39, 0.29) is 17.5 Å². The Labute approximate surface area is 186 Å². The van der Waals surface area contributed by atoms with Gasteiger partial charge >= 0.3 is 0 Å². The fourth-order valence-corrected chi connectivity index (χ4v) is 7.16. The minimum Gasteiger partial charge on any atom is -0.371 e. The fourth-order valence-electron chi connectivity index (χ4n) is 5.39. The van der Waals surface area contributed by atoms with Gasteiger partial charge < -0.3 is 14.6 Å². The van der Waals surface area contributed by atoms with E-state index in [9.17, 15) is 8.42 Å². The zero-order chi connectivity index (χ0) is 21.4. The zero-order valence-corrected chi connectivity index (χ0v) is 18.5. The van der Waals surface area contributed by atoms with Gasteiger partial charge in [-0.2, -0.15) is 4.31 Å². The molecule has 2 atom stereocenters. The first-order chi connectivity index (χ1) is 15.6. The van der Waals surface area contributed by atoms with Crippen LogP contribution in [0.3, 0.4) is 0 Å². The van der Waals surface area contributed by atoms with Gasteiger partial charge in [-0.05, 0) is 31.7 Å². The molecular formula is C23H25N5O3S. The largest absolute Gasteiger partial charge is 0.371 e. The van der Waals surface area contributed by atoms with E-state index in [0.717, 1.165) is 72.3 Å². The number of aromatic amines is 1. The maximum absolute atomic E-state index is 13.0. The number of morpholine rings is 1. The number of anilines is 1. The molecule has 0 spiro atoms. The summed E-state index contributed by atoms with van der Waals surface area (Å²) < 4.78 is 33.6. The van der Waals surface area contributed by atoms with Crippen LogP contribution in [0.5, 0.6) is 0 Å². The van der Waals surface area contributed by atoms with Crippen LogP contribution in [0.1, 0.15) is 36.9 Å². The quantitative estimate of drug-likeness (QED) is 0.656. The van der Waals surface area contributed by atoms with E-state index in [0.29, 0.717) is 18.9 Å². The Balaban J connectivity index is 1.35. The first kappa shape index (κ1) is 19.0. The molecule has 1 saturated carbocycles. The highest BCUT2D eigenvalue weighted by Gasteiger charge is 2.44. The number of hydrogen-bond acceptors (Lipinski definition) is 6. The summed E-state index contributed by atoms with van der Waals surface area (Å²) in [5, 5.41) is 0.849. The molecule has 8 nitrogen and oxygen atoms in total. The molecule has 5 heterocycles. The summed E-state index contributed by atoms with van der Waals surface area (Å²) in [5.74, 6) is 1.53. The Morgan fingerprint density at radius 1 is 1.00 bits per heavy atom. The third-order valence-electron chi connectivity index (χ3n) is 7.21. The number of H-pyrrole nitrogens is 1. The molecule has 9 heteroatoms. The number of sulfonamides is 1. The second-order valence-electron chi connectivity index (χ2n) is 9.42. The second-order valence-corrected chi connectivity index (χ2v) is 11.6. The molecule has 0 radical (unpaired) electrons. The van der Waals surface area contributed by atoms with Crippen LogP contribution >= 0.6 is 0 Å². The van der Waals surface area contributed by atoms with Crippen molar-refractivity contribution < 1.29 is 13.2 Å². The maximum atomic E-state index is 13.0. The standard InChI is InChI=1S/C23H25N5O3S/c29-32(30,16-7-8-16)28-12-19-21(13-28)25-22(18-9-24-20-4-2-1-3-17(18)20)26-23(19)27-10-14-5-6-15(11-27)31-14/h1-4,9,14-16,24H,5-8,10-13H2.